The first-order chi connectivity index (χ1) is 11.6. The van der Waals surface area contributed by atoms with Gasteiger partial charge in [0, 0.05) is 39.9 Å². The summed E-state index contributed by atoms with van der Waals surface area (Å²) in [6, 6.07) is 5.76. The first-order valence-corrected chi connectivity index (χ1v) is 7.94. The minimum Gasteiger partial charge on any atom is -0.454 e. The number of aromatic nitrogens is 2. The lowest BCUT2D eigenvalue weighted by Gasteiger charge is -2.34. The summed E-state index contributed by atoms with van der Waals surface area (Å²) in [4.78, 5) is 20.6. The standard InChI is InChI=1S/C17H20N4O3/c1-19(2)17(22)14-9-20(8-13-6-18-10-21(13)14)7-12-3-4-15-16(5-12)24-11-23-15/h3-6,10,14H,7-9,11H2,1-2H3/t14-/m1/s1. The van der Waals surface area contributed by atoms with E-state index in [1.54, 1.807) is 25.3 Å². The number of ether oxygens (including phenoxy) is 2. The Morgan fingerprint density at radius 3 is 3.00 bits per heavy atom. The Kier molecular flexibility index (Phi) is 3.65. The molecule has 0 fully saturated rings. The molecule has 2 aliphatic rings. The molecule has 7 nitrogen and oxygen atoms in total. The number of rotatable bonds is 3. The van der Waals surface area contributed by atoms with Gasteiger partial charge < -0.3 is 18.9 Å². The molecule has 1 amide bonds. The molecular weight excluding hydrogens is 308 g/mol. The van der Waals surface area contributed by atoms with Crippen molar-refractivity contribution in [2.75, 3.05) is 27.4 Å². The fourth-order valence-corrected chi connectivity index (χ4v) is 3.27. The van der Waals surface area contributed by atoms with E-state index in [4.69, 9.17) is 9.47 Å². The molecule has 2 aliphatic heterocycles. The lowest BCUT2D eigenvalue weighted by atomic mass is 10.1. The van der Waals surface area contributed by atoms with E-state index in [1.165, 1.54) is 0 Å². The van der Waals surface area contributed by atoms with Crippen molar-refractivity contribution in [3.63, 3.8) is 0 Å². The van der Waals surface area contributed by atoms with E-state index in [9.17, 15) is 4.79 Å². The minimum atomic E-state index is -0.236. The molecule has 1 aromatic heterocycles. The van der Waals surface area contributed by atoms with Crippen LogP contribution in [0.1, 0.15) is 17.3 Å². The van der Waals surface area contributed by atoms with Crippen LogP contribution < -0.4 is 9.47 Å². The molecule has 0 saturated heterocycles. The van der Waals surface area contributed by atoms with Crippen molar-refractivity contribution in [3.05, 3.63) is 42.0 Å². The third-order valence-corrected chi connectivity index (χ3v) is 4.47. The lowest BCUT2D eigenvalue weighted by Crippen LogP contribution is -2.43. The van der Waals surface area contributed by atoms with Crippen LogP contribution in [0.4, 0.5) is 0 Å². The maximum absolute atomic E-state index is 12.5. The van der Waals surface area contributed by atoms with Crippen LogP contribution in [0.5, 0.6) is 11.5 Å². The second-order valence-electron chi connectivity index (χ2n) is 6.40. The van der Waals surface area contributed by atoms with E-state index in [1.807, 2.05) is 29.0 Å². The molecule has 1 atom stereocenters. The Labute approximate surface area is 140 Å². The number of nitrogens with zero attached hydrogens (tertiary/aromatic N) is 4. The molecule has 3 heterocycles. The monoisotopic (exact) mass is 328 g/mol. The van der Waals surface area contributed by atoms with Gasteiger partial charge in [0.25, 0.3) is 0 Å². The van der Waals surface area contributed by atoms with Crippen molar-refractivity contribution in [3.8, 4) is 11.5 Å². The first-order valence-electron chi connectivity index (χ1n) is 7.94. The maximum Gasteiger partial charge on any atom is 0.246 e. The Balaban J connectivity index is 1.55. The summed E-state index contributed by atoms with van der Waals surface area (Å²) in [7, 11) is 3.57. The number of fused-ring (bicyclic) bond motifs is 2. The average molecular weight is 328 g/mol. The number of amides is 1. The van der Waals surface area contributed by atoms with E-state index in [0.717, 1.165) is 35.8 Å². The normalized spacial score (nSPS) is 19.2. The summed E-state index contributed by atoms with van der Waals surface area (Å²) in [5.74, 6) is 1.66. The van der Waals surface area contributed by atoms with Crippen LogP contribution in [0, 0.1) is 0 Å². The molecule has 0 spiro atoms. The van der Waals surface area contributed by atoms with Crippen LogP contribution in [-0.4, -0.2) is 52.7 Å². The minimum absolute atomic E-state index is 0.0876. The van der Waals surface area contributed by atoms with E-state index in [0.29, 0.717) is 6.54 Å². The highest BCUT2D eigenvalue weighted by Gasteiger charge is 2.31. The fraction of sp³-hybridized carbons (Fsp3) is 0.412. The van der Waals surface area contributed by atoms with Gasteiger partial charge in [-0.3, -0.25) is 9.69 Å². The van der Waals surface area contributed by atoms with Gasteiger partial charge in [-0.2, -0.15) is 0 Å². The molecule has 0 unspecified atom stereocenters. The van der Waals surface area contributed by atoms with Crippen LogP contribution >= 0.6 is 0 Å². The van der Waals surface area contributed by atoms with E-state index in [2.05, 4.69) is 9.88 Å². The van der Waals surface area contributed by atoms with Crippen molar-refractivity contribution < 1.29 is 14.3 Å². The fourth-order valence-electron chi connectivity index (χ4n) is 3.27. The van der Waals surface area contributed by atoms with E-state index < -0.39 is 0 Å². The summed E-state index contributed by atoms with van der Waals surface area (Å²) in [6.45, 7) is 2.46. The number of carbonyl (C=O) groups excluding carboxylic acids is 1. The third kappa shape index (κ3) is 2.60. The maximum atomic E-state index is 12.5. The number of carbonyl (C=O) groups is 1. The topological polar surface area (TPSA) is 59.8 Å². The summed E-state index contributed by atoms with van der Waals surface area (Å²) >= 11 is 0. The van der Waals surface area contributed by atoms with Crippen molar-refractivity contribution in [2.45, 2.75) is 19.1 Å². The Morgan fingerprint density at radius 2 is 2.17 bits per heavy atom. The second kappa shape index (κ2) is 5.83. The Bertz CT molecular complexity index is 771. The smallest absolute Gasteiger partial charge is 0.246 e. The molecule has 0 radical (unpaired) electrons. The highest BCUT2D eigenvalue weighted by atomic mass is 16.7. The van der Waals surface area contributed by atoms with Gasteiger partial charge in [-0.1, -0.05) is 6.07 Å². The largest absolute Gasteiger partial charge is 0.454 e. The summed E-state index contributed by atoms with van der Waals surface area (Å²) in [5.41, 5.74) is 2.20. The zero-order valence-corrected chi connectivity index (χ0v) is 13.8. The van der Waals surface area contributed by atoms with Crippen molar-refractivity contribution in [1.82, 2.24) is 19.4 Å². The van der Waals surface area contributed by atoms with Gasteiger partial charge in [-0.25, -0.2) is 4.98 Å². The van der Waals surface area contributed by atoms with Gasteiger partial charge in [0.15, 0.2) is 11.5 Å². The molecule has 0 bridgehead atoms. The van der Waals surface area contributed by atoms with Crippen LogP contribution in [0.15, 0.2) is 30.7 Å². The molecule has 4 rings (SSSR count). The SMILES string of the molecule is CN(C)C(=O)[C@H]1CN(Cc2ccc3c(c2)OCO3)Cc2cncn21. The van der Waals surface area contributed by atoms with Gasteiger partial charge in [-0.15, -0.1) is 0 Å². The van der Waals surface area contributed by atoms with Crippen LogP contribution in [0.2, 0.25) is 0 Å². The predicted octanol–water partition coefficient (Wildman–Crippen LogP) is 1.26. The number of benzene rings is 1. The quantitative estimate of drug-likeness (QED) is 0.849. The van der Waals surface area contributed by atoms with Crippen molar-refractivity contribution >= 4 is 5.91 Å². The van der Waals surface area contributed by atoms with Crippen LogP contribution in [0.25, 0.3) is 0 Å². The summed E-state index contributed by atoms with van der Waals surface area (Å²) in [5, 5.41) is 0. The highest BCUT2D eigenvalue weighted by molar-refractivity contribution is 5.80. The molecule has 0 aliphatic carbocycles. The van der Waals surface area contributed by atoms with Gasteiger partial charge in [0.2, 0.25) is 12.7 Å². The molecule has 2 aromatic rings. The second-order valence-corrected chi connectivity index (χ2v) is 6.40. The molecule has 0 saturated carbocycles. The van der Waals surface area contributed by atoms with Crippen molar-refractivity contribution in [1.29, 1.82) is 0 Å². The van der Waals surface area contributed by atoms with Gasteiger partial charge in [-0.05, 0) is 17.7 Å². The molecule has 7 heteroatoms. The average Bonchev–Trinajstić information content (AvgIpc) is 3.21. The molecule has 1 aromatic carbocycles. The lowest BCUT2D eigenvalue weighted by molar-refractivity contribution is -0.133. The molecule has 126 valence electrons. The Morgan fingerprint density at radius 1 is 1.33 bits per heavy atom. The molecule has 0 N–H and O–H groups in total. The van der Waals surface area contributed by atoms with Gasteiger partial charge >= 0.3 is 0 Å². The van der Waals surface area contributed by atoms with Gasteiger partial charge in [0.05, 0.1) is 12.0 Å². The summed E-state index contributed by atoms with van der Waals surface area (Å²) in [6.07, 6.45) is 3.58. The third-order valence-electron chi connectivity index (χ3n) is 4.47. The van der Waals surface area contributed by atoms with Crippen LogP contribution in [0.3, 0.4) is 0 Å². The predicted molar refractivity (Wildman–Crippen MR) is 86.6 cm³/mol. The van der Waals surface area contributed by atoms with E-state index >= 15 is 0 Å². The summed E-state index contributed by atoms with van der Waals surface area (Å²) < 4.78 is 12.8. The number of hydrogen-bond donors (Lipinski definition) is 0. The molecule has 24 heavy (non-hydrogen) atoms. The number of imidazole rings is 1. The highest BCUT2D eigenvalue weighted by Crippen LogP contribution is 2.33. The first kappa shape index (κ1) is 15.0. The zero-order valence-electron chi connectivity index (χ0n) is 13.8. The van der Waals surface area contributed by atoms with Crippen LogP contribution in [-0.2, 0) is 17.9 Å². The Hall–Kier alpha value is -2.54. The van der Waals surface area contributed by atoms with Gasteiger partial charge in [0.1, 0.15) is 6.04 Å². The van der Waals surface area contributed by atoms with Crippen molar-refractivity contribution in [2.24, 2.45) is 0 Å². The van der Waals surface area contributed by atoms with E-state index in [-0.39, 0.29) is 18.7 Å². The number of hydrogen-bond acceptors (Lipinski definition) is 5. The zero-order chi connectivity index (χ0) is 16.7. The number of likely N-dealkylation sites (N-methyl/N-ethyl adjacent to an activating group) is 1. The molecular formula is C17H20N4O3.